The summed E-state index contributed by atoms with van der Waals surface area (Å²) in [5, 5.41) is 13.0. The van der Waals surface area contributed by atoms with E-state index < -0.39 is 5.41 Å². The van der Waals surface area contributed by atoms with E-state index >= 15 is 0 Å². The summed E-state index contributed by atoms with van der Waals surface area (Å²) in [6.07, 6.45) is 0. The van der Waals surface area contributed by atoms with Crippen molar-refractivity contribution in [3.05, 3.63) is 28.2 Å². The van der Waals surface area contributed by atoms with Crippen LogP contribution in [0.15, 0.2) is 18.2 Å². The Hall–Kier alpha value is -0.910. The number of halogens is 2. The number of anilines is 1. The summed E-state index contributed by atoms with van der Waals surface area (Å²) in [5.41, 5.74) is 0.332. The highest BCUT2D eigenvalue weighted by molar-refractivity contribution is 6.43. The van der Waals surface area contributed by atoms with E-state index in [1.54, 1.807) is 6.07 Å². The molecule has 1 N–H and O–H groups in total. The zero-order chi connectivity index (χ0) is 11.5. The van der Waals surface area contributed by atoms with Crippen LogP contribution in [0.25, 0.3) is 0 Å². The maximum Gasteiger partial charge on any atom is 0.0823 e. The van der Waals surface area contributed by atoms with Crippen molar-refractivity contribution in [2.24, 2.45) is 5.41 Å². The van der Waals surface area contributed by atoms with Crippen molar-refractivity contribution in [2.45, 2.75) is 13.8 Å². The summed E-state index contributed by atoms with van der Waals surface area (Å²) in [6, 6.07) is 7.58. The molecule has 0 saturated heterocycles. The van der Waals surface area contributed by atoms with Crippen LogP contribution >= 0.6 is 23.2 Å². The van der Waals surface area contributed by atoms with Crippen LogP contribution in [0.1, 0.15) is 13.8 Å². The van der Waals surface area contributed by atoms with Crippen LogP contribution < -0.4 is 5.32 Å². The van der Waals surface area contributed by atoms with Gasteiger partial charge in [0.05, 0.1) is 27.2 Å². The molecule has 0 fully saturated rings. The second-order valence-corrected chi connectivity index (χ2v) is 4.74. The molecule has 4 heteroatoms. The summed E-state index contributed by atoms with van der Waals surface area (Å²) in [7, 11) is 0. The third-order valence-corrected chi connectivity index (χ3v) is 2.79. The van der Waals surface area contributed by atoms with Gasteiger partial charge in [0, 0.05) is 6.54 Å². The van der Waals surface area contributed by atoms with Gasteiger partial charge in [-0.1, -0.05) is 29.3 Å². The SMILES string of the molecule is CC(C)(C#N)CNc1cccc(Cl)c1Cl. The van der Waals surface area contributed by atoms with Gasteiger partial charge in [-0.3, -0.25) is 0 Å². The molecule has 1 aromatic carbocycles. The molecule has 0 amide bonds. The zero-order valence-corrected chi connectivity index (χ0v) is 10.2. The number of hydrogen-bond donors (Lipinski definition) is 1. The molecule has 2 nitrogen and oxygen atoms in total. The van der Waals surface area contributed by atoms with Crippen LogP contribution in [0.2, 0.25) is 10.0 Å². The molecule has 1 rings (SSSR count). The number of nitrogens with zero attached hydrogens (tertiary/aromatic N) is 1. The first-order valence-corrected chi connectivity index (χ1v) is 5.31. The highest BCUT2D eigenvalue weighted by Crippen LogP contribution is 2.30. The Bertz CT molecular complexity index is 394. The number of nitrogens with one attached hydrogen (secondary N) is 1. The van der Waals surface area contributed by atoms with Crippen LogP contribution in [0.3, 0.4) is 0 Å². The lowest BCUT2D eigenvalue weighted by atomic mass is 9.96. The van der Waals surface area contributed by atoms with E-state index in [0.717, 1.165) is 5.69 Å². The molecule has 0 heterocycles. The van der Waals surface area contributed by atoms with Crippen molar-refractivity contribution in [3.63, 3.8) is 0 Å². The quantitative estimate of drug-likeness (QED) is 0.872. The lowest BCUT2D eigenvalue weighted by molar-refractivity contribution is 0.529. The van der Waals surface area contributed by atoms with Gasteiger partial charge in [0.25, 0.3) is 0 Å². The van der Waals surface area contributed by atoms with Gasteiger partial charge >= 0.3 is 0 Å². The Kier molecular flexibility index (Phi) is 3.84. The average molecular weight is 243 g/mol. The Morgan fingerprint density at radius 3 is 2.67 bits per heavy atom. The summed E-state index contributed by atoms with van der Waals surface area (Å²) in [6.45, 7) is 4.25. The van der Waals surface area contributed by atoms with Gasteiger partial charge in [0.2, 0.25) is 0 Å². The smallest absolute Gasteiger partial charge is 0.0823 e. The Morgan fingerprint density at radius 1 is 1.40 bits per heavy atom. The largest absolute Gasteiger partial charge is 0.382 e. The van der Waals surface area contributed by atoms with Crippen LogP contribution in [-0.2, 0) is 0 Å². The van der Waals surface area contributed by atoms with E-state index in [2.05, 4.69) is 11.4 Å². The molecule has 0 unspecified atom stereocenters. The van der Waals surface area contributed by atoms with E-state index in [1.165, 1.54) is 0 Å². The van der Waals surface area contributed by atoms with Gasteiger partial charge in [-0.05, 0) is 26.0 Å². The fourth-order valence-electron chi connectivity index (χ4n) is 0.996. The number of rotatable bonds is 3. The van der Waals surface area contributed by atoms with Crippen molar-refractivity contribution < 1.29 is 0 Å². The third kappa shape index (κ3) is 3.30. The lowest BCUT2D eigenvalue weighted by Gasteiger charge is -2.17. The molecule has 0 aromatic heterocycles. The van der Waals surface area contributed by atoms with E-state index in [9.17, 15) is 0 Å². The second kappa shape index (κ2) is 4.74. The average Bonchev–Trinajstić information content (AvgIpc) is 2.20. The molecular weight excluding hydrogens is 231 g/mol. The number of hydrogen-bond acceptors (Lipinski definition) is 2. The predicted molar refractivity (Wildman–Crippen MR) is 64.3 cm³/mol. The molecule has 0 spiro atoms. The Labute approximate surface area is 99.8 Å². The summed E-state index contributed by atoms with van der Waals surface area (Å²) in [5.74, 6) is 0. The fourth-order valence-corrected chi connectivity index (χ4v) is 1.36. The number of benzene rings is 1. The first-order valence-electron chi connectivity index (χ1n) is 4.55. The third-order valence-electron chi connectivity index (χ3n) is 1.98. The molecule has 0 atom stereocenters. The minimum atomic E-state index is -0.425. The van der Waals surface area contributed by atoms with E-state index in [0.29, 0.717) is 16.6 Å². The molecule has 0 aliphatic rings. The van der Waals surface area contributed by atoms with Crippen LogP contribution in [0.5, 0.6) is 0 Å². The molecule has 0 aliphatic heterocycles. The lowest BCUT2D eigenvalue weighted by Crippen LogP contribution is -2.21. The molecule has 0 bridgehead atoms. The topological polar surface area (TPSA) is 35.8 Å². The van der Waals surface area contributed by atoms with Crippen molar-refractivity contribution in [2.75, 3.05) is 11.9 Å². The molecule has 1 aromatic rings. The maximum absolute atomic E-state index is 8.85. The Morgan fingerprint density at radius 2 is 2.07 bits per heavy atom. The van der Waals surface area contributed by atoms with E-state index in [4.69, 9.17) is 28.5 Å². The highest BCUT2D eigenvalue weighted by Gasteiger charge is 2.16. The molecule has 0 saturated carbocycles. The van der Waals surface area contributed by atoms with Crippen LogP contribution in [-0.4, -0.2) is 6.54 Å². The first kappa shape index (κ1) is 12.2. The minimum absolute atomic E-state index is 0.425. The van der Waals surface area contributed by atoms with Gasteiger partial charge in [0.1, 0.15) is 0 Å². The molecule has 15 heavy (non-hydrogen) atoms. The molecule has 0 aliphatic carbocycles. The predicted octanol–water partition coefficient (Wildman–Crippen LogP) is 3.96. The molecule has 80 valence electrons. The zero-order valence-electron chi connectivity index (χ0n) is 8.64. The van der Waals surface area contributed by atoms with Crippen molar-refractivity contribution >= 4 is 28.9 Å². The Balaban J connectivity index is 2.75. The van der Waals surface area contributed by atoms with Gasteiger partial charge in [-0.15, -0.1) is 0 Å². The number of nitriles is 1. The highest BCUT2D eigenvalue weighted by atomic mass is 35.5. The van der Waals surface area contributed by atoms with E-state index in [1.807, 2.05) is 26.0 Å². The monoisotopic (exact) mass is 242 g/mol. The molecular formula is C11H12Cl2N2. The van der Waals surface area contributed by atoms with Gasteiger partial charge < -0.3 is 5.32 Å². The first-order chi connectivity index (χ1) is 6.96. The van der Waals surface area contributed by atoms with Crippen molar-refractivity contribution in [3.8, 4) is 6.07 Å². The van der Waals surface area contributed by atoms with Gasteiger partial charge in [-0.2, -0.15) is 5.26 Å². The van der Waals surface area contributed by atoms with Crippen LogP contribution in [0.4, 0.5) is 5.69 Å². The normalized spacial score (nSPS) is 10.9. The second-order valence-electron chi connectivity index (χ2n) is 3.95. The van der Waals surface area contributed by atoms with Gasteiger partial charge in [0.15, 0.2) is 0 Å². The summed E-state index contributed by atoms with van der Waals surface area (Å²) >= 11 is 11.8. The molecule has 0 radical (unpaired) electrons. The maximum atomic E-state index is 8.85. The fraction of sp³-hybridized carbons (Fsp3) is 0.364. The van der Waals surface area contributed by atoms with Crippen molar-refractivity contribution in [1.29, 1.82) is 5.26 Å². The minimum Gasteiger partial charge on any atom is -0.382 e. The summed E-state index contributed by atoms with van der Waals surface area (Å²) < 4.78 is 0. The standard InChI is InChI=1S/C11H12Cl2N2/c1-11(2,6-14)7-15-9-5-3-4-8(12)10(9)13/h3-5,15H,7H2,1-2H3. The van der Waals surface area contributed by atoms with Crippen LogP contribution in [0, 0.1) is 16.7 Å². The van der Waals surface area contributed by atoms with Crippen molar-refractivity contribution in [1.82, 2.24) is 0 Å². The van der Waals surface area contributed by atoms with E-state index in [-0.39, 0.29) is 0 Å². The summed E-state index contributed by atoms with van der Waals surface area (Å²) in [4.78, 5) is 0. The van der Waals surface area contributed by atoms with Gasteiger partial charge in [-0.25, -0.2) is 0 Å².